The average molecular weight is 529 g/mol. The molecular weight excluding hydrogens is 492 g/mol. The number of benzene rings is 2. The van der Waals surface area contributed by atoms with Gasteiger partial charge in [-0.2, -0.15) is 5.26 Å². The van der Waals surface area contributed by atoms with E-state index in [-0.39, 0.29) is 23.2 Å². The second kappa shape index (κ2) is 10.8. The highest BCUT2D eigenvalue weighted by molar-refractivity contribution is 5.94. The van der Waals surface area contributed by atoms with Gasteiger partial charge >= 0.3 is 5.97 Å². The van der Waals surface area contributed by atoms with Gasteiger partial charge in [0.1, 0.15) is 6.07 Å². The first-order valence-corrected chi connectivity index (χ1v) is 13.6. The minimum atomic E-state index is -0.986. The normalized spacial score (nSPS) is 19.4. The smallest absolute Gasteiger partial charge is 0.337 e. The molecule has 0 radical (unpaired) electrons. The maximum Gasteiger partial charge on any atom is 0.337 e. The number of fused-ring (bicyclic) bond motifs is 1. The van der Waals surface area contributed by atoms with Gasteiger partial charge in [0, 0.05) is 24.3 Å². The maximum atomic E-state index is 11.8. The number of nitrogens with one attached hydrogen (secondary N) is 1. The van der Waals surface area contributed by atoms with Crippen LogP contribution in [0.4, 0.5) is 11.5 Å². The molecule has 2 fully saturated rings. The second-order valence-corrected chi connectivity index (χ2v) is 11.2. The Hall–Kier alpha value is -3.74. The van der Waals surface area contributed by atoms with E-state index in [1.165, 1.54) is 0 Å². The number of para-hydroxylation sites is 1. The molecule has 9 heteroatoms. The van der Waals surface area contributed by atoms with Crippen LogP contribution in [-0.4, -0.2) is 71.4 Å². The minimum absolute atomic E-state index is 0.0389. The number of hydrogen-bond acceptors (Lipinski definition) is 8. The van der Waals surface area contributed by atoms with Gasteiger partial charge in [0.15, 0.2) is 11.5 Å². The molecule has 2 aliphatic rings. The lowest BCUT2D eigenvalue weighted by Gasteiger charge is -2.46. The van der Waals surface area contributed by atoms with Crippen molar-refractivity contribution in [1.29, 1.82) is 5.26 Å². The zero-order chi connectivity index (χ0) is 27.7. The van der Waals surface area contributed by atoms with Gasteiger partial charge in [-0.1, -0.05) is 31.0 Å². The molecule has 1 saturated carbocycles. The number of nitriles is 1. The number of carboxylic acids is 1. The summed E-state index contributed by atoms with van der Waals surface area (Å²) in [5, 5.41) is 23.2. The molecule has 2 N–H and O–H groups in total. The summed E-state index contributed by atoms with van der Waals surface area (Å²) in [7, 11) is 4.08. The third kappa shape index (κ3) is 5.40. The number of carbonyl (C=O) groups is 1. The molecule has 1 unspecified atom stereocenters. The van der Waals surface area contributed by atoms with Crippen LogP contribution < -0.4 is 10.2 Å². The Bertz CT molecular complexity index is 1430. The lowest BCUT2D eigenvalue weighted by molar-refractivity contribution is -0.0682. The number of morpholine rings is 1. The van der Waals surface area contributed by atoms with Crippen LogP contribution in [0.1, 0.15) is 65.8 Å². The molecule has 39 heavy (non-hydrogen) atoms. The molecule has 1 spiro atoms. The Morgan fingerprint density at radius 1 is 1.28 bits per heavy atom. The molecule has 1 aliphatic heterocycles. The highest BCUT2D eigenvalue weighted by atomic mass is 16.5. The van der Waals surface area contributed by atoms with Crippen molar-refractivity contribution in [3.05, 3.63) is 58.8 Å². The van der Waals surface area contributed by atoms with Crippen molar-refractivity contribution < 1.29 is 14.6 Å². The topological polar surface area (TPSA) is 115 Å². The first-order valence-electron chi connectivity index (χ1n) is 13.6. The number of ether oxygens (including phenoxy) is 1. The van der Waals surface area contributed by atoms with Crippen molar-refractivity contribution in [1.82, 2.24) is 14.9 Å². The van der Waals surface area contributed by atoms with E-state index in [4.69, 9.17) is 14.7 Å². The summed E-state index contributed by atoms with van der Waals surface area (Å²) in [6, 6.07) is 13.0. The number of rotatable bonds is 7. The van der Waals surface area contributed by atoms with Crippen LogP contribution in [0.3, 0.4) is 0 Å². The zero-order valence-corrected chi connectivity index (χ0v) is 23.1. The van der Waals surface area contributed by atoms with Crippen LogP contribution in [-0.2, 0) is 4.74 Å². The number of carboxylic acid groups (broad SMARTS) is 1. The molecule has 5 rings (SSSR count). The van der Waals surface area contributed by atoms with Crippen molar-refractivity contribution >= 4 is 28.5 Å². The van der Waals surface area contributed by atoms with Crippen molar-refractivity contribution in [2.45, 2.75) is 57.2 Å². The molecule has 2 aromatic carbocycles. The third-order valence-electron chi connectivity index (χ3n) is 7.87. The number of anilines is 2. The van der Waals surface area contributed by atoms with Crippen molar-refractivity contribution in [2.24, 2.45) is 0 Å². The highest BCUT2D eigenvalue weighted by Gasteiger charge is 2.44. The fraction of sp³-hybridized carbons (Fsp3) is 0.467. The monoisotopic (exact) mass is 528 g/mol. The predicted octanol–water partition coefficient (Wildman–Crippen LogP) is 4.76. The number of likely N-dealkylation sites (N-methyl/N-ethyl adjacent to an activating group) is 1. The standard InChI is InChI=1S/C30H36N6O3/c1-19-13-23(20(2)32-24-10-6-5-9-22(24)29(37)38)27-25(14-19)33-26(15-31)28(34-27)36-18-30(11-7-8-12-30)39-17-21(36)16-35(3)4/h5-6,9-10,13-14,20-21,32H,7-8,11-12,16-18H2,1-4H3,(H,37,38)/t20-,21?/m1/s1. The van der Waals surface area contributed by atoms with E-state index in [1.54, 1.807) is 18.2 Å². The van der Waals surface area contributed by atoms with E-state index in [9.17, 15) is 15.2 Å². The van der Waals surface area contributed by atoms with Gasteiger partial charge in [-0.05, 0) is 64.5 Å². The zero-order valence-electron chi connectivity index (χ0n) is 23.1. The number of aromatic nitrogens is 2. The van der Waals surface area contributed by atoms with Crippen molar-refractivity contribution in [3.63, 3.8) is 0 Å². The van der Waals surface area contributed by atoms with Crippen molar-refractivity contribution in [3.8, 4) is 6.07 Å². The van der Waals surface area contributed by atoms with Crippen LogP contribution in [0.5, 0.6) is 0 Å². The van der Waals surface area contributed by atoms with E-state index in [0.29, 0.717) is 41.4 Å². The second-order valence-electron chi connectivity index (χ2n) is 11.2. The quantitative estimate of drug-likeness (QED) is 0.448. The van der Waals surface area contributed by atoms with E-state index in [2.05, 4.69) is 27.3 Å². The molecular formula is C30H36N6O3. The Kier molecular flexibility index (Phi) is 7.43. The number of aryl methyl sites for hydroxylation is 1. The van der Waals surface area contributed by atoms with E-state index >= 15 is 0 Å². The predicted molar refractivity (Wildman–Crippen MR) is 151 cm³/mol. The lowest BCUT2D eigenvalue weighted by atomic mass is 9.97. The number of aromatic carboxylic acids is 1. The molecule has 2 heterocycles. The van der Waals surface area contributed by atoms with Crippen LogP contribution in [0.2, 0.25) is 0 Å². The Balaban J connectivity index is 1.60. The molecule has 1 saturated heterocycles. The summed E-state index contributed by atoms with van der Waals surface area (Å²) in [5.41, 5.74) is 4.10. The van der Waals surface area contributed by atoms with E-state index in [1.807, 2.05) is 40.1 Å². The van der Waals surface area contributed by atoms with Gasteiger partial charge in [-0.15, -0.1) is 0 Å². The fourth-order valence-corrected chi connectivity index (χ4v) is 6.03. The molecule has 3 aromatic rings. The maximum absolute atomic E-state index is 11.8. The van der Waals surface area contributed by atoms with E-state index in [0.717, 1.165) is 43.4 Å². The van der Waals surface area contributed by atoms with Gasteiger partial charge in [0.25, 0.3) is 0 Å². The third-order valence-corrected chi connectivity index (χ3v) is 7.87. The minimum Gasteiger partial charge on any atom is -0.478 e. The number of nitrogens with zero attached hydrogens (tertiary/aromatic N) is 5. The molecule has 1 aromatic heterocycles. The summed E-state index contributed by atoms with van der Waals surface area (Å²) in [6.07, 6.45) is 4.31. The van der Waals surface area contributed by atoms with Gasteiger partial charge in [-0.25, -0.2) is 14.8 Å². The molecule has 0 amide bonds. The summed E-state index contributed by atoms with van der Waals surface area (Å²) in [4.78, 5) is 26.1. The Labute approximate surface area is 229 Å². The number of hydrogen-bond donors (Lipinski definition) is 2. The largest absolute Gasteiger partial charge is 0.478 e. The molecule has 9 nitrogen and oxygen atoms in total. The SMILES string of the molecule is Cc1cc([C@@H](C)Nc2ccccc2C(=O)O)c2nc(N3CC4(CCCC4)OCC3CN(C)C)c(C#N)nc2c1. The first kappa shape index (κ1) is 26.9. The van der Waals surface area contributed by atoms with Gasteiger partial charge in [-0.3, -0.25) is 0 Å². The summed E-state index contributed by atoms with van der Waals surface area (Å²) in [6.45, 7) is 6.01. The summed E-state index contributed by atoms with van der Waals surface area (Å²) in [5.74, 6) is -0.394. The molecule has 1 aliphatic carbocycles. The average Bonchev–Trinajstić information content (AvgIpc) is 3.36. The van der Waals surface area contributed by atoms with Crippen LogP contribution in [0.25, 0.3) is 11.0 Å². The van der Waals surface area contributed by atoms with E-state index < -0.39 is 5.97 Å². The highest BCUT2D eigenvalue weighted by Crippen LogP contribution is 2.40. The summed E-state index contributed by atoms with van der Waals surface area (Å²) >= 11 is 0. The van der Waals surface area contributed by atoms with Gasteiger partial charge < -0.3 is 25.0 Å². The Morgan fingerprint density at radius 2 is 2.03 bits per heavy atom. The van der Waals surface area contributed by atoms with Gasteiger partial charge in [0.05, 0.1) is 40.9 Å². The van der Waals surface area contributed by atoms with Crippen LogP contribution in [0, 0.1) is 18.3 Å². The first-order chi connectivity index (χ1) is 18.7. The van der Waals surface area contributed by atoms with Crippen LogP contribution in [0.15, 0.2) is 36.4 Å². The molecule has 0 bridgehead atoms. The van der Waals surface area contributed by atoms with Crippen LogP contribution >= 0.6 is 0 Å². The lowest BCUT2D eigenvalue weighted by Crippen LogP contribution is -2.58. The summed E-state index contributed by atoms with van der Waals surface area (Å²) < 4.78 is 6.47. The fourth-order valence-electron chi connectivity index (χ4n) is 6.03. The van der Waals surface area contributed by atoms with Crippen molar-refractivity contribution in [2.75, 3.05) is 44.0 Å². The van der Waals surface area contributed by atoms with Gasteiger partial charge in [0.2, 0.25) is 0 Å². The Morgan fingerprint density at radius 3 is 2.72 bits per heavy atom. The molecule has 204 valence electrons. The molecule has 2 atom stereocenters.